The van der Waals surface area contributed by atoms with Crippen molar-refractivity contribution in [1.82, 2.24) is 20.4 Å². The molecule has 1 aromatic carbocycles. The van der Waals surface area contributed by atoms with E-state index in [1.807, 2.05) is 35.2 Å². The van der Waals surface area contributed by atoms with Crippen molar-refractivity contribution in [2.75, 3.05) is 26.2 Å². The predicted molar refractivity (Wildman–Crippen MR) is 106 cm³/mol. The van der Waals surface area contributed by atoms with Gasteiger partial charge in [0.15, 0.2) is 6.61 Å². The van der Waals surface area contributed by atoms with Gasteiger partial charge in [-0.15, -0.1) is 0 Å². The number of rotatable bonds is 5. The molecule has 7 nitrogen and oxygen atoms in total. The number of para-hydroxylation sites is 1. The lowest BCUT2D eigenvalue weighted by Crippen LogP contribution is -2.54. The molecule has 7 heteroatoms. The molecule has 1 fully saturated rings. The van der Waals surface area contributed by atoms with Crippen LogP contribution in [0.4, 0.5) is 0 Å². The predicted octanol–water partition coefficient (Wildman–Crippen LogP) is 1.07. The first kappa shape index (κ1) is 18.7. The van der Waals surface area contributed by atoms with Gasteiger partial charge in [-0.1, -0.05) is 18.2 Å². The van der Waals surface area contributed by atoms with E-state index in [-0.39, 0.29) is 24.1 Å². The Hall–Kier alpha value is -2.67. The molecule has 4 rings (SSSR count). The fourth-order valence-corrected chi connectivity index (χ4v) is 4.07. The lowest BCUT2D eigenvalue weighted by molar-refractivity contribution is -0.134. The first-order valence-corrected chi connectivity index (χ1v) is 9.99. The third-order valence-electron chi connectivity index (χ3n) is 5.54. The van der Waals surface area contributed by atoms with Crippen LogP contribution < -0.4 is 15.6 Å². The lowest BCUT2D eigenvalue weighted by Gasteiger charge is -2.34. The summed E-state index contributed by atoms with van der Waals surface area (Å²) in [6.07, 6.45) is 4.62. The van der Waals surface area contributed by atoms with Gasteiger partial charge in [-0.3, -0.25) is 9.59 Å². The Balaban J connectivity index is 1.38. The second kappa shape index (κ2) is 8.56. The fraction of sp³-hybridized carbons (Fsp3) is 0.476. The maximum absolute atomic E-state index is 12.6. The topological polar surface area (TPSA) is 87.3 Å². The molecule has 2 aromatic rings. The van der Waals surface area contributed by atoms with Gasteiger partial charge < -0.3 is 15.0 Å². The number of hydrogen-bond donors (Lipinski definition) is 2. The molecule has 0 saturated carbocycles. The molecule has 1 amide bonds. The van der Waals surface area contributed by atoms with E-state index in [2.05, 4.69) is 15.5 Å². The Morgan fingerprint density at radius 2 is 1.96 bits per heavy atom. The number of aromatic amines is 1. The third-order valence-corrected chi connectivity index (χ3v) is 5.54. The number of hydrogen-bond acceptors (Lipinski definition) is 5. The summed E-state index contributed by atoms with van der Waals surface area (Å²) in [5.41, 5.74) is 2.93. The Bertz CT molecular complexity index is 881. The van der Waals surface area contributed by atoms with Crippen molar-refractivity contribution < 1.29 is 9.53 Å². The summed E-state index contributed by atoms with van der Waals surface area (Å²) in [5.74, 6) is 0.693. The molecule has 148 valence electrons. The Morgan fingerprint density at radius 3 is 2.79 bits per heavy atom. The number of amides is 1. The molecule has 2 N–H and O–H groups in total. The molecule has 1 unspecified atom stereocenters. The third kappa shape index (κ3) is 4.25. The summed E-state index contributed by atoms with van der Waals surface area (Å²) in [4.78, 5) is 26.4. The summed E-state index contributed by atoms with van der Waals surface area (Å²) in [7, 11) is 0. The standard InChI is InChI=1S/C21H26N4O3/c26-20(14-28-16-6-2-1-3-7-16)25-11-10-22-15(13-25)12-19-17-8-4-5-9-18(17)21(27)24-23-19/h1-3,6-7,15,22H,4-5,8-14H2,(H,24,27). The minimum atomic E-state index is -0.0510. The van der Waals surface area contributed by atoms with Gasteiger partial charge in [-0.25, -0.2) is 5.10 Å². The number of ether oxygens (including phenoxy) is 1. The number of nitrogens with one attached hydrogen (secondary N) is 2. The van der Waals surface area contributed by atoms with Crippen LogP contribution in [-0.2, 0) is 24.1 Å². The molecule has 0 radical (unpaired) electrons. The highest BCUT2D eigenvalue weighted by Crippen LogP contribution is 2.21. The monoisotopic (exact) mass is 382 g/mol. The number of benzene rings is 1. The van der Waals surface area contributed by atoms with E-state index in [9.17, 15) is 9.59 Å². The quantitative estimate of drug-likeness (QED) is 0.808. The van der Waals surface area contributed by atoms with Crippen LogP contribution >= 0.6 is 0 Å². The van der Waals surface area contributed by atoms with Crippen molar-refractivity contribution in [3.63, 3.8) is 0 Å². The number of carbonyl (C=O) groups is 1. The van der Waals surface area contributed by atoms with Gasteiger partial charge in [-0.2, -0.15) is 5.10 Å². The van der Waals surface area contributed by atoms with E-state index in [4.69, 9.17) is 4.74 Å². The van der Waals surface area contributed by atoms with Crippen LogP contribution in [-0.4, -0.2) is 53.3 Å². The molecule has 2 aliphatic rings. The molecule has 2 heterocycles. The van der Waals surface area contributed by atoms with Crippen LogP contribution in [0.25, 0.3) is 0 Å². The molecular weight excluding hydrogens is 356 g/mol. The van der Waals surface area contributed by atoms with Gasteiger partial charge in [-0.05, 0) is 43.4 Å². The first-order valence-electron chi connectivity index (χ1n) is 9.99. The number of aromatic nitrogens is 2. The molecule has 1 aromatic heterocycles. The number of H-pyrrole nitrogens is 1. The zero-order valence-corrected chi connectivity index (χ0v) is 15.9. The van der Waals surface area contributed by atoms with Crippen molar-refractivity contribution in [1.29, 1.82) is 0 Å². The Labute approximate surface area is 164 Å². The minimum Gasteiger partial charge on any atom is -0.484 e. The smallest absolute Gasteiger partial charge is 0.267 e. The van der Waals surface area contributed by atoms with Gasteiger partial charge in [0, 0.05) is 37.7 Å². The molecule has 1 saturated heterocycles. The first-order chi connectivity index (χ1) is 13.7. The van der Waals surface area contributed by atoms with Crippen LogP contribution in [0, 0.1) is 0 Å². The van der Waals surface area contributed by atoms with Crippen LogP contribution in [0.3, 0.4) is 0 Å². The zero-order chi connectivity index (χ0) is 19.3. The minimum absolute atomic E-state index is 0.00758. The van der Waals surface area contributed by atoms with Crippen LogP contribution in [0.1, 0.15) is 29.7 Å². The molecule has 28 heavy (non-hydrogen) atoms. The van der Waals surface area contributed by atoms with Crippen LogP contribution in [0.5, 0.6) is 5.75 Å². The SMILES string of the molecule is O=C(COc1ccccc1)N1CCNC(Cc2n[nH]c(=O)c3c2CCCC3)C1. The highest BCUT2D eigenvalue weighted by Gasteiger charge is 2.26. The van der Waals surface area contributed by atoms with Crippen molar-refractivity contribution >= 4 is 5.91 Å². The number of nitrogens with zero attached hydrogens (tertiary/aromatic N) is 2. The van der Waals surface area contributed by atoms with E-state index in [1.165, 1.54) is 0 Å². The van der Waals surface area contributed by atoms with Gasteiger partial charge >= 0.3 is 0 Å². The fourth-order valence-electron chi connectivity index (χ4n) is 4.07. The molecular formula is C21H26N4O3. The van der Waals surface area contributed by atoms with Crippen molar-refractivity contribution in [3.05, 3.63) is 57.5 Å². The summed E-state index contributed by atoms with van der Waals surface area (Å²) in [5, 5.41) is 10.5. The molecule has 1 aliphatic carbocycles. The summed E-state index contributed by atoms with van der Waals surface area (Å²) >= 11 is 0. The normalized spacial score (nSPS) is 19.1. The van der Waals surface area contributed by atoms with E-state index < -0.39 is 0 Å². The lowest BCUT2D eigenvalue weighted by atomic mass is 9.90. The Morgan fingerprint density at radius 1 is 1.18 bits per heavy atom. The number of carbonyl (C=O) groups excluding carboxylic acids is 1. The zero-order valence-electron chi connectivity index (χ0n) is 15.9. The second-order valence-electron chi connectivity index (χ2n) is 7.46. The van der Waals surface area contributed by atoms with E-state index >= 15 is 0 Å². The van der Waals surface area contributed by atoms with Gasteiger partial charge in [0.25, 0.3) is 11.5 Å². The molecule has 1 atom stereocenters. The second-order valence-corrected chi connectivity index (χ2v) is 7.46. The number of piperazine rings is 1. The average molecular weight is 382 g/mol. The maximum Gasteiger partial charge on any atom is 0.267 e. The van der Waals surface area contributed by atoms with Crippen molar-refractivity contribution in [2.24, 2.45) is 0 Å². The highest BCUT2D eigenvalue weighted by molar-refractivity contribution is 5.78. The summed E-state index contributed by atoms with van der Waals surface area (Å²) in [6.45, 7) is 2.08. The highest BCUT2D eigenvalue weighted by atomic mass is 16.5. The van der Waals surface area contributed by atoms with E-state index in [0.29, 0.717) is 25.3 Å². The van der Waals surface area contributed by atoms with Gasteiger partial charge in [0.2, 0.25) is 0 Å². The van der Waals surface area contributed by atoms with Crippen LogP contribution in [0.15, 0.2) is 35.1 Å². The Kier molecular flexibility index (Phi) is 5.71. The molecule has 1 aliphatic heterocycles. The van der Waals surface area contributed by atoms with E-state index in [0.717, 1.165) is 49.0 Å². The largest absolute Gasteiger partial charge is 0.484 e. The summed E-state index contributed by atoms with van der Waals surface area (Å²) < 4.78 is 5.60. The summed E-state index contributed by atoms with van der Waals surface area (Å²) in [6, 6.07) is 9.51. The van der Waals surface area contributed by atoms with Crippen molar-refractivity contribution in [3.8, 4) is 5.75 Å². The maximum atomic E-state index is 12.6. The van der Waals surface area contributed by atoms with Gasteiger partial charge in [0.1, 0.15) is 5.75 Å². The van der Waals surface area contributed by atoms with Crippen molar-refractivity contribution in [2.45, 2.75) is 38.1 Å². The number of fused-ring (bicyclic) bond motifs is 1. The van der Waals surface area contributed by atoms with E-state index in [1.54, 1.807) is 0 Å². The molecule has 0 bridgehead atoms. The van der Waals surface area contributed by atoms with Crippen LogP contribution in [0.2, 0.25) is 0 Å². The molecule has 0 spiro atoms. The average Bonchev–Trinajstić information content (AvgIpc) is 2.75. The van der Waals surface area contributed by atoms with Gasteiger partial charge in [0.05, 0.1) is 5.69 Å².